The second-order valence-electron chi connectivity index (χ2n) is 4.00. The van der Waals surface area contributed by atoms with E-state index in [1.54, 1.807) is 11.8 Å². The zero-order chi connectivity index (χ0) is 10.5. The Bertz CT molecular complexity index is 165. The molecule has 0 saturated carbocycles. The number of nitrogens with one attached hydrogen (secondary N) is 1. The number of rotatable bonds is 3. The lowest BCUT2D eigenvalue weighted by atomic mass is 10.2. The van der Waals surface area contributed by atoms with Crippen LogP contribution in [0.5, 0.6) is 0 Å². The van der Waals surface area contributed by atoms with Gasteiger partial charge in [-0.25, -0.2) is 4.79 Å². The molecule has 0 aromatic heterocycles. The molecule has 0 aliphatic rings. The van der Waals surface area contributed by atoms with Gasteiger partial charge in [-0.2, -0.15) is 11.8 Å². The maximum absolute atomic E-state index is 11.2. The molecule has 0 bridgehead atoms. The van der Waals surface area contributed by atoms with Crippen molar-refractivity contribution in [3.8, 4) is 0 Å². The van der Waals surface area contributed by atoms with E-state index >= 15 is 0 Å². The van der Waals surface area contributed by atoms with Crippen LogP contribution in [0.4, 0.5) is 4.79 Å². The minimum Gasteiger partial charge on any atom is -0.444 e. The fraction of sp³-hybridized carbons (Fsp3) is 0.889. The minimum atomic E-state index is -0.414. The minimum absolute atomic E-state index is 0.157. The van der Waals surface area contributed by atoms with Crippen molar-refractivity contribution in [2.45, 2.75) is 39.3 Å². The highest BCUT2D eigenvalue weighted by Gasteiger charge is 2.17. The van der Waals surface area contributed by atoms with E-state index in [-0.39, 0.29) is 12.1 Å². The van der Waals surface area contributed by atoms with Crippen molar-refractivity contribution in [1.82, 2.24) is 5.32 Å². The van der Waals surface area contributed by atoms with Gasteiger partial charge in [0.2, 0.25) is 0 Å². The summed E-state index contributed by atoms with van der Waals surface area (Å²) in [5.74, 6) is 0.902. The van der Waals surface area contributed by atoms with E-state index in [1.165, 1.54) is 0 Å². The normalized spacial score (nSPS) is 13.6. The van der Waals surface area contributed by atoms with Crippen molar-refractivity contribution in [3.05, 3.63) is 0 Å². The summed E-state index contributed by atoms with van der Waals surface area (Å²) in [7, 11) is 0. The number of carbonyl (C=O) groups excluding carboxylic acids is 1. The van der Waals surface area contributed by atoms with Gasteiger partial charge in [-0.1, -0.05) is 0 Å². The van der Waals surface area contributed by atoms with Gasteiger partial charge in [0, 0.05) is 11.8 Å². The van der Waals surface area contributed by atoms with E-state index in [9.17, 15) is 4.79 Å². The fourth-order valence-electron chi connectivity index (χ4n) is 0.800. The summed E-state index contributed by atoms with van der Waals surface area (Å²) in [5, 5.41) is 2.76. The molecule has 1 N–H and O–H groups in total. The average molecular weight is 205 g/mol. The summed E-state index contributed by atoms with van der Waals surface area (Å²) >= 11 is 1.70. The number of carbonyl (C=O) groups is 1. The van der Waals surface area contributed by atoms with Gasteiger partial charge >= 0.3 is 6.09 Å². The van der Waals surface area contributed by atoms with Crippen molar-refractivity contribution in [1.29, 1.82) is 0 Å². The van der Waals surface area contributed by atoms with Crippen LogP contribution < -0.4 is 5.32 Å². The molecule has 0 saturated heterocycles. The van der Waals surface area contributed by atoms with Gasteiger partial charge in [0.05, 0.1) is 0 Å². The summed E-state index contributed by atoms with van der Waals surface area (Å²) in [4.78, 5) is 11.2. The molecule has 13 heavy (non-hydrogen) atoms. The Morgan fingerprint density at radius 3 is 2.46 bits per heavy atom. The van der Waals surface area contributed by atoms with Crippen LogP contribution in [0.3, 0.4) is 0 Å². The molecule has 0 rings (SSSR count). The van der Waals surface area contributed by atoms with Crippen LogP contribution in [0, 0.1) is 0 Å². The van der Waals surface area contributed by atoms with E-state index in [1.807, 2.05) is 34.0 Å². The molecule has 0 heterocycles. The average Bonchev–Trinajstić information content (AvgIpc) is 1.81. The van der Waals surface area contributed by atoms with E-state index < -0.39 is 5.60 Å². The summed E-state index contributed by atoms with van der Waals surface area (Å²) in [6, 6.07) is 0.157. The molecular weight excluding hydrogens is 186 g/mol. The van der Waals surface area contributed by atoms with Crippen LogP contribution in [0.15, 0.2) is 0 Å². The molecule has 0 spiro atoms. The molecule has 0 unspecified atom stereocenters. The Morgan fingerprint density at radius 1 is 1.54 bits per heavy atom. The molecule has 0 aliphatic carbocycles. The molecule has 0 aromatic carbocycles. The molecule has 1 atom stereocenters. The van der Waals surface area contributed by atoms with Crippen LogP contribution in [-0.2, 0) is 4.74 Å². The second kappa shape index (κ2) is 5.37. The van der Waals surface area contributed by atoms with E-state index in [0.29, 0.717) is 0 Å². The third-order valence-electron chi connectivity index (χ3n) is 1.18. The Labute approximate surface area is 84.6 Å². The highest BCUT2D eigenvalue weighted by molar-refractivity contribution is 7.98. The summed E-state index contributed by atoms with van der Waals surface area (Å²) in [5.41, 5.74) is -0.414. The summed E-state index contributed by atoms with van der Waals surface area (Å²) in [6.07, 6.45) is 1.67. The standard InChI is InChI=1S/C9H19NO2S/c1-7(6-13-5)10-8(11)12-9(2,3)4/h7H,6H2,1-5H3,(H,10,11)/t7-/m1/s1. The second-order valence-corrected chi connectivity index (χ2v) is 4.91. The van der Waals surface area contributed by atoms with Crippen LogP contribution in [0.2, 0.25) is 0 Å². The number of hydrogen-bond donors (Lipinski definition) is 1. The first-order valence-corrected chi connectivity index (χ1v) is 5.73. The Morgan fingerprint density at radius 2 is 2.08 bits per heavy atom. The Kier molecular flexibility index (Phi) is 5.21. The van der Waals surface area contributed by atoms with Gasteiger partial charge in [-0.05, 0) is 34.0 Å². The van der Waals surface area contributed by atoms with Gasteiger partial charge in [0.25, 0.3) is 0 Å². The maximum Gasteiger partial charge on any atom is 0.407 e. The van der Waals surface area contributed by atoms with Crippen LogP contribution in [-0.4, -0.2) is 29.7 Å². The smallest absolute Gasteiger partial charge is 0.407 e. The highest BCUT2D eigenvalue weighted by atomic mass is 32.2. The molecule has 78 valence electrons. The van der Waals surface area contributed by atoms with Crippen molar-refractivity contribution in [2.75, 3.05) is 12.0 Å². The number of amides is 1. The van der Waals surface area contributed by atoms with E-state index in [2.05, 4.69) is 5.32 Å². The van der Waals surface area contributed by atoms with Crippen molar-refractivity contribution in [3.63, 3.8) is 0 Å². The number of hydrogen-bond acceptors (Lipinski definition) is 3. The molecular formula is C9H19NO2S. The van der Waals surface area contributed by atoms with E-state index in [0.717, 1.165) is 5.75 Å². The Hall–Kier alpha value is -0.380. The first-order chi connectivity index (χ1) is 5.85. The number of thioether (sulfide) groups is 1. The SMILES string of the molecule is CSC[C@@H](C)NC(=O)OC(C)(C)C. The van der Waals surface area contributed by atoms with Gasteiger partial charge in [-0.3, -0.25) is 0 Å². The first-order valence-electron chi connectivity index (χ1n) is 4.33. The molecule has 4 heteroatoms. The van der Waals surface area contributed by atoms with Crippen LogP contribution in [0.1, 0.15) is 27.7 Å². The van der Waals surface area contributed by atoms with E-state index in [4.69, 9.17) is 4.74 Å². The van der Waals surface area contributed by atoms with Crippen LogP contribution in [0.25, 0.3) is 0 Å². The van der Waals surface area contributed by atoms with Crippen molar-refractivity contribution in [2.24, 2.45) is 0 Å². The molecule has 0 aliphatic heterocycles. The first kappa shape index (κ1) is 12.6. The fourth-order valence-corrected chi connectivity index (χ4v) is 1.38. The Balaban J connectivity index is 3.74. The van der Waals surface area contributed by atoms with Crippen LogP contribution >= 0.6 is 11.8 Å². The molecule has 0 radical (unpaired) electrons. The molecule has 0 fully saturated rings. The molecule has 0 aromatic rings. The topological polar surface area (TPSA) is 38.3 Å². The number of alkyl carbamates (subject to hydrolysis) is 1. The zero-order valence-corrected chi connectivity index (χ0v) is 9.83. The van der Waals surface area contributed by atoms with Gasteiger partial charge in [0.15, 0.2) is 0 Å². The zero-order valence-electron chi connectivity index (χ0n) is 9.01. The van der Waals surface area contributed by atoms with Gasteiger partial charge in [-0.15, -0.1) is 0 Å². The summed E-state index contributed by atoms with van der Waals surface area (Å²) < 4.78 is 5.10. The third kappa shape index (κ3) is 7.96. The lowest BCUT2D eigenvalue weighted by molar-refractivity contribution is 0.0513. The predicted molar refractivity (Wildman–Crippen MR) is 57.2 cm³/mol. The van der Waals surface area contributed by atoms with Gasteiger partial charge < -0.3 is 10.1 Å². The third-order valence-corrected chi connectivity index (χ3v) is 2.01. The van der Waals surface area contributed by atoms with Gasteiger partial charge in [0.1, 0.15) is 5.60 Å². The molecule has 3 nitrogen and oxygen atoms in total. The summed E-state index contributed by atoms with van der Waals surface area (Å²) in [6.45, 7) is 7.52. The lowest BCUT2D eigenvalue weighted by Gasteiger charge is -2.21. The lowest BCUT2D eigenvalue weighted by Crippen LogP contribution is -2.38. The quantitative estimate of drug-likeness (QED) is 0.768. The largest absolute Gasteiger partial charge is 0.444 e. The molecule has 1 amide bonds. The number of ether oxygens (including phenoxy) is 1. The monoisotopic (exact) mass is 205 g/mol. The van der Waals surface area contributed by atoms with Crippen molar-refractivity contribution >= 4 is 17.9 Å². The van der Waals surface area contributed by atoms with Crippen molar-refractivity contribution < 1.29 is 9.53 Å². The maximum atomic E-state index is 11.2. The highest BCUT2D eigenvalue weighted by Crippen LogP contribution is 2.07. The predicted octanol–water partition coefficient (Wildman–Crippen LogP) is 2.26.